The number of nitrogens with two attached hydrogens (primary N) is 2. The summed E-state index contributed by atoms with van der Waals surface area (Å²) in [6.45, 7) is 2.00. The van der Waals surface area contributed by atoms with Crippen LogP contribution in [0.5, 0.6) is 0 Å². The first kappa shape index (κ1) is 11.4. The van der Waals surface area contributed by atoms with E-state index in [-0.39, 0.29) is 5.95 Å². The summed E-state index contributed by atoms with van der Waals surface area (Å²) in [6.07, 6.45) is 1.84. The molecule has 5 nitrogen and oxygen atoms in total. The standard InChI is InChI=1S/C5H7ClN4S.C2H4O/c1-11-2-3(6)9-5(8)10-4(2)7;1-2-3-1/h1H3,(H4,7,8,9,10);1-2H2. The monoisotopic (exact) mass is 234 g/mol. The van der Waals surface area contributed by atoms with Gasteiger partial charge in [0, 0.05) is 0 Å². The van der Waals surface area contributed by atoms with E-state index >= 15 is 0 Å². The number of ether oxygens (including phenoxy) is 1. The van der Waals surface area contributed by atoms with Gasteiger partial charge in [-0.15, -0.1) is 11.8 Å². The molecule has 1 aromatic rings. The molecule has 2 rings (SSSR count). The molecule has 7 heteroatoms. The molecule has 0 atom stereocenters. The number of anilines is 2. The summed E-state index contributed by atoms with van der Waals surface area (Å²) in [5.74, 6) is 0.431. The number of hydrogen-bond donors (Lipinski definition) is 2. The molecular weight excluding hydrogens is 224 g/mol. The number of aromatic nitrogens is 2. The molecule has 0 aliphatic carbocycles. The topological polar surface area (TPSA) is 90.3 Å². The first-order chi connectivity index (χ1) is 6.65. The van der Waals surface area contributed by atoms with Crippen LogP contribution >= 0.6 is 23.4 Å². The lowest BCUT2D eigenvalue weighted by atomic mass is 10.6. The maximum Gasteiger partial charge on any atom is 0.223 e. The van der Waals surface area contributed by atoms with Gasteiger partial charge in [-0.2, -0.15) is 9.97 Å². The van der Waals surface area contributed by atoms with Gasteiger partial charge in [-0.1, -0.05) is 11.6 Å². The van der Waals surface area contributed by atoms with E-state index in [2.05, 4.69) is 14.7 Å². The average Bonchev–Trinajstić information content (AvgIpc) is 2.87. The molecule has 0 amide bonds. The van der Waals surface area contributed by atoms with Crippen LogP contribution < -0.4 is 11.5 Å². The molecule has 78 valence electrons. The number of thioether (sulfide) groups is 1. The highest BCUT2D eigenvalue weighted by molar-refractivity contribution is 7.98. The lowest BCUT2D eigenvalue weighted by molar-refractivity contribution is 0.475. The molecule has 1 aliphatic rings. The van der Waals surface area contributed by atoms with Gasteiger partial charge in [-0.05, 0) is 6.26 Å². The van der Waals surface area contributed by atoms with Crippen LogP contribution in [0.3, 0.4) is 0 Å². The molecule has 14 heavy (non-hydrogen) atoms. The summed E-state index contributed by atoms with van der Waals surface area (Å²) < 4.78 is 4.50. The summed E-state index contributed by atoms with van der Waals surface area (Å²) in [5.41, 5.74) is 10.8. The maximum atomic E-state index is 5.70. The van der Waals surface area contributed by atoms with Crippen LogP contribution in [0.2, 0.25) is 5.15 Å². The van der Waals surface area contributed by atoms with E-state index in [0.29, 0.717) is 15.9 Å². The van der Waals surface area contributed by atoms with Crippen molar-refractivity contribution in [1.82, 2.24) is 9.97 Å². The van der Waals surface area contributed by atoms with Crippen molar-refractivity contribution in [2.75, 3.05) is 30.9 Å². The Morgan fingerprint density at radius 1 is 1.36 bits per heavy atom. The number of rotatable bonds is 1. The molecule has 1 aromatic heterocycles. The third-order valence-electron chi connectivity index (χ3n) is 1.28. The minimum atomic E-state index is 0.102. The smallest absolute Gasteiger partial charge is 0.223 e. The number of halogens is 1. The summed E-state index contributed by atoms with van der Waals surface area (Å²) in [5, 5.41) is 0.308. The van der Waals surface area contributed by atoms with Crippen LogP contribution in [0.25, 0.3) is 0 Å². The van der Waals surface area contributed by atoms with E-state index in [4.69, 9.17) is 23.1 Å². The largest absolute Gasteiger partial charge is 0.383 e. The van der Waals surface area contributed by atoms with Gasteiger partial charge in [0.15, 0.2) is 0 Å². The molecule has 4 N–H and O–H groups in total. The second-order valence-electron chi connectivity index (χ2n) is 2.40. The highest BCUT2D eigenvalue weighted by Gasteiger charge is 2.06. The molecular formula is C7H11ClN4OS. The summed E-state index contributed by atoms with van der Waals surface area (Å²) in [4.78, 5) is 8.15. The van der Waals surface area contributed by atoms with Crippen molar-refractivity contribution in [2.45, 2.75) is 4.90 Å². The van der Waals surface area contributed by atoms with Crippen molar-refractivity contribution in [1.29, 1.82) is 0 Å². The van der Waals surface area contributed by atoms with Crippen LogP contribution in [0.4, 0.5) is 11.8 Å². The predicted octanol–water partition coefficient (Wildman–Crippen LogP) is 1.03. The van der Waals surface area contributed by atoms with Crippen molar-refractivity contribution in [3.63, 3.8) is 0 Å². The molecule has 0 radical (unpaired) electrons. The highest BCUT2D eigenvalue weighted by Crippen LogP contribution is 2.28. The molecule has 2 heterocycles. The van der Waals surface area contributed by atoms with Crippen molar-refractivity contribution < 1.29 is 4.74 Å². The van der Waals surface area contributed by atoms with Gasteiger partial charge < -0.3 is 16.2 Å². The van der Waals surface area contributed by atoms with Crippen LogP contribution in [0, 0.1) is 0 Å². The molecule has 0 spiro atoms. The molecule has 1 saturated heterocycles. The quantitative estimate of drug-likeness (QED) is 0.429. The van der Waals surface area contributed by atoms with Crippen LogP contribution in [-0.4, -0.2) is 29.4 Å². The average molecular weight is 235 g/mol. The Labute approximate surface area is 91.2 Å². The van der Waals surface area contributed by atoms with Crippen LogP contribution in [0.15, 0.2) is 4.90 Å². The summed E-state index contributed by atoms with van der Waals surface area (Å²) in [7, 11) is 0. The third-order valence-corrected chi connectivity index (χ3v) is 2.47. The Balaban J connectivity index is 0.000000276. The lowest BCUT2D eigenvalue weighted by Crippen LogP contribution is -2.01. The zero-order chi connectivity index (χ0) is 10.6. The van der Waals surface area contributed by atoms with Gasteiger partial charge in [-0.25, -0.2) is 0 Å². The van der Waals surface area contributed by atoms with Crippen molar-refractivity contribution in [2.24, 2.45) is 0 Å². The fraction of sp³-hybridized carbons (Fsp3) is 0.429. The van der Waals surface area contributed by atoms with Crippen molar-refractivity contribution in [3.8, 4) is 0 Å². The fourth-order valence-corrected chi connectivity index (χ4v) is 1.53. The summed E-state index contributed by atoms with van der Waals surface area (Å²) >= 11 is 7.10. The van der Waals surface area contributed by atoms with E-state index in [0.717, 1.165) is 13.2 Å². The predicted molar refractivity (Wildman–Crippen MR) is 58.5 cm³/mol. The van der Waals surface area contributed by atoms with Crippen molar-refractivity contribution in [3.05, 3.63) is 5.15 Å². The highest BCUT2D eigenvalue weighted by atomic mass is 35.5. The Morgan fingerprint density at radius 3 is 2.29 bits per heavy atom. The number of nitrogens with zero attached hydrogens (tertiary/aromatic N) is 2. The Hall–Kier alpha value is -0.720. The van der Waals surface area contributed by atoms with E-state index in [1.807, 2.05) is 6.26 Å². The Bertz CT molecular complexity index is 295. The summed E-state index contributed by atoms with van der Waals surface area (Å²) in [6, 6.07) is 0. The van der Waals surface area contributed by atoms with Gasteiger partial charge in [0.1, 0.15) is 11.0 Å². The fourth-order valence-electron chi connectivity index (χ4n) is 0.645. The van der Waals surface area contributed by atoms with E-state index in [9.17, 15) is 0 Å². The zero-order valence-corrected chi connectivity index (χ0v) is 9.23. The molecule has 0 saturated carbocycles. The van der Waals surface area contributed by atoms with E-state index in [1.54, 1.807) is 0 Å². The first-order valence-electron chi connectivity index (χ1n) is 3.85. The van der Waals surface area contributed by atoms with Gasteiger partial charge in [0.25, 0.3) is 0 Å². The number of epoxide rings is 1. The maximum absolute atomic E-state index is 5.70. The lowest BCUT2D eigenvalue weighted by Gasteiger charge is -2.02. The Kier molecular flexibility index (Phi) is 4.24. The Morgan fingerprint density at radius 2 is 1.93 bits per heavy atom. The van der Waals surface area contributed by atoms with Gasteiger partial charge in [0.2, 0.25) is 5.95 Å². The second-order valence-corrected chi connectivity index (χ2v) is 3.58. The van der Waals surface area contributed by atoms with Gasteiger partial charge in [0.05, 0.1) is 18.1 Å². The SMILES string of the molecule is C1CO1.CSc1c(N)nc(N)nc1Cl. The molecule has 1 fully saturated rings. The van der Waals surface area contributed by atoms with E-state index in [1.165, 1.54) is 11.8 Å². The number of nitrogen functional groups attached to an aromatic ring is 2. The molecule has 0 bridgehead atoms. The normalized spacial score (nSPS) is 13.0. The van der Waals surface area contributed by atoms with Crippen LogP contribution in [-0.2, 0) is 4.74 Å². The van der Waals surface area contributed by atoms with Gasteiger partial charge >= 0.3 is 0 Å². The van der Waals surface area contributed by atoms with Crippen LogP contribution in [0.1, 0.15) is 0 Å². The van der Waals surface area contributed by atoms with Crippen molar-refractivity contribution >= 4 is 35.1 Å². The molecule has 0 unspecified atom stereocenters. The molecule has 0 aromatic carbocycles. The minimum Gasteiger partial charge on any atom is -0.383 e. The zero-order valence-electron chi connectivity index (χ0n) is 7.66. The van der Waals surface area contributed by atoms with E-state index < -0.39 is 0 Å². The third kappa shape index (κ3) is 3.57. The minimum absolute atomic E-state index is 0.102. The number of hydrogen-bond acceptors (Lipinski definition) is 6. The second kappa shape index (κ2) is 5.23. The first-order valence-corrected chi connectivity index (χ1v) is 5.45. The van der Waals surface area contributed by atoms with Gasteiger partial charge in [-0.3, -0.25) is 0 Å². The molecule has 1 aliphatic heterocycles.